The average Bonchev–Trinajstić information content (AvgIpc) is 2.79. The normalized spacial score (nSPS) is 10.7. The van der Waals surface area contributed by atoms with Crippen LogP contribution in [0.5, 0.6) is 0 Å². The maximum absolute atomic E-state index is 4.05. The second kappa shape index (κ2) is 10.2. The summed E-state index contributed by atoms with van der Waals surface area (Å²) in [7, 11) is 0. The minimum atomic E-state index is 1.02. The minimum Gasteiger partial charge on any atom is -0.372 e. The van der Waals surface area contributed by atoms with Gasteiger partial charge in [0.15, 0.2) is 0 Å². The molecule has 30 heavy (non-hydrogen) atoms. The lowest BCUT2D eigenvalue weighted by atomic mass is 9.94. The van der Waals surface area contributed by atoms with Crippen LogP contribution < -0.4 is 20.2 Å². The van der Waals surface area contributed by atoms with E-state index in [1.165, 1.54) is 33.3 Å². The van der Waals surface area contributed by atoms with Crippen LogP contribution in [0, 0.1) is 0 Å². The second-order valence-corrected chi connectivity index (χ2v) is 7.51. The highest BCUT2D eigenvalue weighted by Crippen LogP contribution is 2.26. The van der Waals surface area contributed by atoms with Crippen molar-refractivity contribution in [3.8, 4) is 0 Å². The number of nitrogens with zero attached hydrogens (tertiary/aromatic N) is 2. The van der Waals surface area contributed by atoms with Gasteiger partial charge in [0.25, 0.3) is 0 Å². The van der Waals surface area contributed by atoms with E-state index in [0.717, 1.165) is 31.4 Å². The van der Waals surface area contributed by atoms with Gasteiger partial charge in [-0.3, -0.25) is 0 Å². The summed E-state index contributed by atoms with van der Waals surface area (Å²) >= 11 is 0. The lowest BCUT2D eigenvalue weighted by Gasteiger charge is -2.22. The van der Waals surface area contributed by atoms with Crippen LogP contribution in [0.25, 0.3) is 12.2 Å². The molecule has 0 saturated heterocycles. The van der Waals surface area contributed by atoms with E-state index >= 15 is 0 Å². The molecule has 0 saturated carbocycles. The summed E-state index contributed by atoms with van der Waals surface area (Å²) < 4.78 is 0. The Morgan fingerprint density at radius 2 is 0.933 bits per heavy atom. The van der Waals surface area contributed by atoms with Crippen molar-refractivity contribution in [3.05, 3.63) is 94.4 Å². The van der Waals surface area contributed by atoms with E-state index in [4.69, 9.17) is 0 Å². The first kappa shape index (κ1) is 21.7. The summed E-state index contributed by atoms with van der Waals surface area (Å²) in [6.45, 7) is 16.9. The van der Waals surface area contributed by atoms with Crippen molar-refractivity contribution < 1.29 is 0 Å². The van der Waals surface area contributed by atoms with Gasteiger partial charge in [0, 0.05) is 37.6 Å². The Hall–Kier alpha value is -3.00. The van der Waals surface area contributed by atoms with E-state index in [2.05, 4.69) is 117 Å². The van der Waals surface area contributed by atoms with Crippen molar-refractivity contribution in [1.82, 2.24) is 0 Å². The largest absolute Gasteiger partial charge is 0.372 e. The van der Waals surface area contributed by atoms with Crippen molar-refractivity contribution >= 4 is 23.5 Å². The number of benzene rings is 3. The molecule has 3 aromatic rings. The quantitative estimate of drug-likeness (QED) is 0.525. The Kier molecular flexibility index (Phi) is 7.35. The summed E-state index contributed by atoms with van der Waals surface area (Å²) in [4.78, 5) is 4.75. The first-order chi connectivity index (χ1) is 14.6. The molecule has 0 unspecified atom stereocenters. The van der Waals surface area contributed by atoms with Crippen LogP contribution in [-0.4, -0.2) is 26.2 Å². The van der Waals surface area contributed by atoms with E-state index in [0.29, 0.717) is 0 Å². The minimum absolute atomic E-state index is 1.02. The zero-order valence-corrected chi connectivity index (χ0v) is 18.9. The van der Waals surface area contributed by atoms with Gasteiger partial charge in [-0.2, -0.15) is 0 Å². The van der Waals surface area contributed by atoms with Gasteiger partial charge in [-0.25, -0.2) is 0 Å². The van der Waals surface area contributed by atoms with Gasteiger partial charge in [0.1, 0.15) is 0 Å². The second-order valence-electron chi connectivity index (χ2n) is 7.51. The molecule has 3 rings (SSSR count). The highest BCUT2D eigenvalue weighted by molar-refractivity contribution is 5.80. The van der Waals surface area contributed by atoms with Crippen LogP contribution in [0.3, 0.4) is 0 Å². The van der Waals surface area contributed by atoms with E-state index in [1.54, 1.807) is 0 Å². The zero-order chi connectivity index (χ0) is 21.5. The summed E-state index contributed by atoms with van der Waals surface area (Å²) in [6, 6.07) is 26.5. The maximum Gasteiger partial charge on any atom is 0.0366 e. The van der Waals surface area contributed by atoms with Crippen LogP contribution in [0.2, 0.25) is 0 Å². The first-order valence-electron chi connectivity index (χ1n) is 11.1. The molecule has 2 nitrogen and oxygen atoms in total. The van der Waals surface area contributed by atoms with Gasteiger partial charge in [0.2, 0.25) is 0 Å². The van der Waals surface area contributed by atoms with Gasteiger partial charge in [0.05, 0.1) is 0 Å². The molecule has 0 heterocycles. The molecule has 156 valence electrons. The zero-order valence-electron chi connectivity index (χ0n) is 18.9. The van der Waals surface area contributed by atoms with Gasteiger partial charge < -0.3 is 9.80 Å². The highest BCUT2D eigenvalue weighted by atomic mass is 15.1. The van der Waals surface area contributed by atoms with Gasteiger partial charge in [-0.1, -0.05) is 55.1 Å². The number of anilines is 2. The van der Waals surface area contributed by atoms with Gasteiger partial charge in [-0.05, 0) is 79.1 Å². The van der Waals surface area contributed by atoms with Crippen molar-refractivity contribution in [2.45, 2.75) is 27.7 Å². The molecule has 0 radical (unpaired) electrons. The molecular weight excluding hydrogens is 364 g/mol. The lowest BCUT2D eigenvalue weighted by molar-refractivity contribution is 0.866. The molecule has 0 fully saturated rings. The molecule has 0 amide bonds. The predicted molar refractivity (Wildman–Crippen MR) is 133 cm³/mol. The Bertz CT molecular complexity index is 960. The van der Waals surface area contributed by atoms with Crippen molar-refractivity contribution in [1.29, 1.82) is 0 Å². The van der Waals surface area contributed by atoms with Crippen molar-refractivity contribution in [3.63, 3.8) is 0 Å². The number of hydrogen-bond donors (Lipinski definition) is 0. The predicted octanol–water partition coefficient (Wildman–Crippen LogP) is 5.04. The Labute approximate surface area is 181 Å². The fourth-order valence-electron chi connectivity index (χ4n) is 4.03. The Morgan fingerprint density at radius 1 is 0.567 bits per heavy atom. The van der Waals surface area contributed by atoms with Crippen LogP contribution in [-0.2, 0) is 0 Å². The molecule has 0 bridgehead atoms. The van der Waals surface area contributed by atoms with E-state index < -0.39 is 0 Å². The maximum atomic E-state index is 4.05. The van der Waals surface area contributed by atoms with Gasteiger partial charge >= 0.3 is 0 Å². The lowest BCUT2D eigenvalue weighted by Crippen LogP contribution is -2.21. The van der Waals surface area contributed by atoms with Gasteiger partial charge in [-0.15, -0.1) is 0 Å². The third-order valence-electron chi connectivity index (χ3n) is 5.81. The topological polar surface area (TPSA) is 6.48 Å². The Morgan fingerprint density at radius 3 is 1.27 bits per heavy atom. The summed E-state index contributed by atoms with van der Waals surface area (Å²) in [5, 5.41) is 2.25. The van der Waals surface area contributed by atoms with Crippen LogP contribution >= 0.6 is 0 Å². The van der Waals surface area contributed by atoms with E-state index in [-0.39, 0.29) is 0 Å². The standard InChI is InChI=1S/C28H34N2/c1-6-29(7-2)26-18-14-24(15-19-26)28(23-12-10-22(5)11-13-23)25-16-20-27(21-17-25)30(8-3)9-4/h10-21H,5-9H2,1-4H3. The SMILES string of the molecule is C=c1ccc(=C(c2ccc(N(CC)CC)cc2)c2ccc(N(CC)CC)cc2)cc1. The highest BCUT2D eigenvalue weighted by Gasteiger charge is 2.09. The molecule has 0 aliphatic carbocycles. The number of rotatable bonds is 8. The van der Waals surface area contributed by atoms with Crippen molar-refractivity contribution in [2.75, 3.05) is 36.0 Å². The van der Waals surface area contributed by atoms with Crippen LogP contribution in [0.15, 0.2) is 72.8 Å². The smallest absolute Gasteiger partial charge is 0.0366 e. The first-order valence-corrected chi connectivity index (χ1v) is 11.1. The molecule has 2 heteroatoms. The third kappa shape index (κ3) is 4.76. The molecule has 3 aromatic carbocycles. The fraction of sp³-hybridized carbons (Fsp3) is 0.286. The summed E-state index contributed by atoms with van der Waals surface area (Å²) in [5.41, 5.74) is 6.27. The summed E-state index contributed by atoms with van der Waals surface area (Å²) in [5.74, 6) is 0. The molecule has 0 atom stereocenters. The fourth-order valence-corrected chi connectivity index (χ4v) is 4.03. The molecule has 0 aromatic heterocycles. The molecule has 0 aliphatic heterocycles. The molecule has 0 aliphatic rings. The van der Waals surface area contributed by atoms with E-state index in [9.17, 15) is 0 Å². The Balaban J connectivity index is 2.10. The molecular formula is C28H34N2. The molecule has 0 spiro atoms. The third-order valence-corrected chi connectivity index (χ3v) is 5.81. The van der Waals surface area contributed by atoms with Crippen LogP contribution in [0.1, 0.15) is 38.8 Å². The van der Waals surface area contributed by atoms with Crippen LogP contribution in [0.4, 0.5) is 11.4 Å². The number of hydrogen-bond acceptors (Lipinski definition) is 2. The summed E-state index contributed by atoms with van der Waals surface area (Å²) in [6.07, 6.45) is 0. The monoisotopic (exact) mass is 398 g/mol. The average molecular weight is 399 g/mol. The van der Waals surface area contributed by atoms with Crippen molar-refractivity contribution in [2.24, 2.45) is 0 Å². The molecule has 0 N–H and O–H groups in total. The van der Waals surface area contributed by atoms with E-state index in [1.807, 2.05) is 0 Å².